The highest BCUT2D eigenvalue weighted by Gasteiger charge is 2.29. The minimum Gasteiger partial charge on any atom is -0.338 e. The van der Waals surface area contributed by atoms with E-state index in [4.69, 9.17) is 0 Å². The number of hydrogen-bond donors (Lipinski definition) is 2. The lowest BCUT2D eigenvalue weighted by molar-refractivity contribution is -0.121. The van der Waals surface area contributed by atoms with Gasteiger partial charge in [-0.05, 0) is 73.5 Å². The molecule has 2 N–H and O–H groups in total. The number of nitrogens with one attached hydrogen (secondary N) is 2. The third-order valence-corrected chi connectivity index (χ3v) is 5.99. The van der Waals surface area contributed by atoms with Crippen LogP contribution in [0.1, 0.15) is 23.2 Å². The molecule has 5 rings (SSSR count). The molecule has 33 heavy (non-hydrogen) atoms. The zero-order valence-electron chi connectivity index (χ0n) is 17.9. The van der Waals surface area contributed by atoms with Crippen LogP contribution in [0, 0.1) is 11.7 Å². The maximum Gasteiger partial charge on any atom is 0.253 e. The number of hydrogen-bond acceptors (Lipinski definition) is 3. The predicted molar refractivity (Wildman–Crippen MR) is 125 cm³/mol. The van der Waals surface area contributed by atoms with E-state index < -0.39 is 0 Å². The Balaban J connectivity index is 1.23. The van der Waals surface area contributed by atoms with Crippen molar-refractivity contribution in [3.8, 4) is 11.4 Å². The van der Waals surface area contributed by atoms with Gasteiger partial charge in [0, 0.05) is 29.9 Å². The van der Waals surface area contributed by atoms with E-state index in [0.29, 0.717) is 24.3 Å². The summed E-state index contributed by atoms with van der Waals surface area (Å²) in [5, 5.41) is 2.97. The number of imidazole rings is 1. The van der Waals surface area contributed by atoms with Crippen molar-refractivity contribution >= 4 is 28.5 Å². The summed E-state index contributed by atoms with van der Waals surface area (Å²) in [6.07, 6.45) is 1.46. The van der Waals surface area contributed by atoms with Gasteiger partial charge in [-0.3, -0.25) is 9.59 Å². The smallest absolute Gasteiger partial charge is 0.253 e. The summed E-state index contributed by atoms with van der Waals surface area (Å²) in [5.74, 6) is -0.186. The Morgan fingerprint density at radius 2 is 1.76 bits per heavy atom. The number of likely N-dealkylation sites (tertiary alicyclic amines) is 1. The van der Waals surface area contributed by atoms with E-state index in [0.717, 1.165) is 35.3 Å². The molecule has 0 unspecified atom stereocenters. The molecular formula is C26H23FN4O2. The number of aromatic nitrogens is 2. The molecule has 1 aliphatic rings. The molecule has 0 radical (unpaired) electrons. The van der Waals surface area contributed by atoms with Gasteiger partial charge < -0.3 is 15.2 Å². The van der Waals surface area contributed by atoms with Crippen molar-refractivity contribution in [3.05, 3.63) is 84.2 Å². The number of rotatable bonds is 4. The molecule has 0 bridgehead atoms. The highest BCUT2D eigenvalue weighted by atomic mass is 19.1. The van der Waals surface area contributed by atoms with Crippen LogP contribution in [0.25, 0.3) is 22.4 Å². The fraction of sp³-hybridized carbons (Fsp3) is 0.192. The molecular weight excluding hydrogens is 419 g/mol. The van der Waals surface area contributed by atoms with E-state index in [2.05, 4.69) is 15.3 Å². The van der Waals surface area contributed by atoms with Crippen LogP contribution in [0.3, 0.4) is 0 Å². The standard InChI is InChI=1S/C26H23FN4O2/c27-20-11-7-18(8-12-20)26(33)31-15-3-4-19(16-31)25(32)28-21-13-9-17(10-14-21)24-29-22-5-1-2-6-23(22)30-24/h1-2,5-14,19H,3-4,15-16H2,(H,28,32)(H,29,30)/t19-/m0/s1. The minimum atomic E-state index is -0.381. The SMILES string of the molecule is O=C(Nc1ccc(-c2nc3ccccc3[nH]2)cc1)[C@H]1CCCN(C(=O)c2ccc(F)cc2)C1. The molecule has 2 heterocycles. The lowest BCUT2D eigenvalue weighted by atomic mass is 9.96. The van der Waals surface area contributed by atoms with Crippen LogP contribution in [0.2, 0.25) is 0 Å². The second-order valence-electron chi connectivity index (χ2n) is 8.27. The highest BCUT2D eigenvalue weighted by molar-refractivity contribution is 5.96. The number of nitrogens with zero attached hydrogens (tertiary/aromatic N) is 2. The first-order chi connectivity index (χ1) is 16.1. The van der Waals surface area contributed by atoms with Gasteiger partial charge in [-0.1, -0.05) is 12.1 Å². The van der Waals surface area contributed by atoms with Crippen LogP contribution < -0.4 is 5.32 Å². The normalized spacial score (nSPS) is 16.0. The number of fused-ring (bicyclic) bond motifs is 1. The maximum absolute atomic E-state index is 13.2. The number of anilines is 1. The zero-order chi connectivity index (χ0) is 22.8. The Bertz CT molecular complexity index is 1270. The Kier molecular flexibility index (Phi) is 5.60. The Labute approximate surface area is 190 Å². The van der Waals surface area contributed by atoms with Gasteiger partial charge in [-0.2, -0.15) is 0 Å². The lowest BCUT2D eigenvalue weighted by Crippen LogP contribution is -2.43. The van der Waals surface area contributed by atoms with Crippen LogP contribution in [-0.4, -0.2) is 39.8 Å². The van der Waals surface area contributed by atoms with Gasteiger partial charge in [-0.25, -0.2) is 9.37 Å². The van der Waals surface area contributed by atoms with Crippen molar-refractivity contribution in [2.75, 3.05) is 18.4 Å². The molecule has 1 aliphatic heterocycles. The van der Waals surface area contributed by atoms with Gasteiger partial charge in [0.1, 0.15) is 11.6 Å². The zero-order valence-corrected chi connectivity index (χ0v) is 17.9. The topological polar surface area (TPSA) is 78.1 Å². The number of piperidine rings is 1. The summed E-state index contributed by atoms with van der Waals surface area (Å²) in [6, 6.07) is 20.9. The van der Waals surface area contributed by atoms with Crippen LogP contribution in [-0.2, 0) is 4.79 Å². The maximum atomic E-state index is 13.2. The molecule has 1 saturated heterocycles. The van der Waals surface area contributed by atoms with Crippen LogP contribution in [0.15, 0.2) is 72.8 Å². The molecule has 0 aliphatic carbocycles. The molecule has 0 saturated carbocycles. The Hall–Kier alpha value is -4.00. The summed E-state index contributed by atoms with van der Waals surface area (Å²) in [5.41, 5.74) is 3.93. The summed E-state index contributed by atoms with van der Waals surface area (Å²) < 4.78 is 13.2. The summed E-state index contributed by atoms with van der Waals surface area (Å²) in [4.78, 5) is 35.2. The second kappa shape index (κ2) is 8.86. The van der Waals surface area contributed by atoms with Gasteiger partial charge in [0.05, 0.1) is 17.0 Å². The molecule has 166 valence electrons. The summed E-state index contributed by atoms with van der Waals surface area (Å²) in [7, 11) is 0. The number of carbonyl (C=O) groups excluding carboxylic acids is 2. The molecule has 7 heteroatoms. The first kappa shape index (κ1) is 20.9. The number of benzene rings is 3. The summed E-state index contributed by atoms with van der Waals surface area (Å²) >= 11 is 0. The molecule has 1 atom stereocenters. The lowest BCUT2D eigenvalue weighted by Gasteiger charge is -2.32. The van der Waals surface area contributed by atoms with E-state index in [1.54, 1.807) is 4.90 Å². The Morgan fingerprint density at radius 1 is 1.00 bits per heavy atom. The largest absolute Gasteiger partial charge is 0.338 e. The van der Waals surface area contributed by atoms with Gasteiger partial charge in [0.15, 0.2) is 0 Å². The average Bonchev–Trinajstić information content (AvgIpc) is 3.29. The molecule has 1 aromatic heterocycles. The molecule has 0 spiro atoms. The summed E-state index contributed by atoms with van der Waals surface area (Å²) in [6.45, 7) is 0.936. The number of amides is 2. The Morgan fingerprint density at radius 3 is 2.52 bits per heavy atom. The van der Waals surface area contributed by atoms with Crippen LogP contribution >= 0.6 is 0 Å². The van der Waals surface area contributed by atoms with Crippen molar-refractivity contribution in [2.24, 2.45) is 5.92 Å². The van der Waals surface area contributed by atoms with Crippen molar-refractivity contribution in [3.63, 3.8) is 0 Å². The number of halogens is 1. The average molecular weight is 442 g/mol. The minimum absolute atomic E-state index is 0.108. The third-order valence-electron chi connectivity index (χ3n) is 5.99. The fourth-order valence-corrected chi connectivity index (χ4v) is 4.20. The molecule has 3 aromatic carbocycles. The molecule has 1 fully saturated rings. The van der Waals surface area contributed by atoms with E-state index in [9.17, 15) is 14.0 Å². The van der Waals surface area contributed by atoms with E-state index in [1.165, 1.54) is 24.3 Å². The van der Waals surface area contributed by atoms with Gasteiger partial charge in [0.2, 0.25) is 5.91 Å². The van der Waals surface area contributed by atoms with Crippen LogP contribution in [0.4, 0.5) is 10.1 Å². The number of aromatic amines is 1. The highest BCUT2D eigenvalue weighted by Crippen LogP contribution is 2.24. The molecule has 2 amide bonds. The van der Waals surface area contributed by atoms with Crippen LogP contribution in [0.5, 0.6) is 0 Å². The van der Waals surface area contributed by atoms with Crippen molar-refractivity contribution in [1.82, 2.24) is 14.9 Å². The predicted octanol–water partition coefficient (Wildman–Crippen LogP) is 4.86. The van der Waals surface area contributed by atoms with Gasteiger partial charge in [-0.15, -0.1) is 0 Å². The number of carbonyl (C=O) groups is 2. The van der Waals surface area contributed by atoms with Gasteiger partial charge >= 0.3 is 0 Å². The first-order valence-electron chi connectivity index (χ1n) is 11.0. The van der Waals surface area contributed by atoms with E-state index >= 15 is 0 Å². The first-order valence-corrected chi connectivity index (χ1v) is 11.0. The fourth-order valence-electron chi connectivity index (χ4n) is 4.20. The van der Waals surface area contributed by atoms with Crippen molar-refractivity contribution in [2.45, 2.75) is 12.8 Å². The molecule has 6 nitrogen and oxygen atoms in total. The number of H-pyrrole nitrogens is 1. The monoisotopic (exact) mass is 442 g/mol. The number of para-hydroxylation sites is 2. The van der Waals surface area contributed by atoms with Crippen molar-refractivity contribution < 1.29 is 14.0 Å². The second-order valence-corrected chi connectivity index (χ2v) is 8.27. The quantitative estimate of drug-likeness (QED) is 0.474. The van der Waals surface area contributed by atoms with Gasteiger partial charge in [0.25, 0.3) is 5.91 Å². The van der Waals surface area contributed by atoms with E-state index in [1.807, 2.05) is 48.5 Å². The van der Waals surface area contributed by atoms with E-state index in [-0.39, 0.29) is 23.5 Å². The third kappa shape index (κ3) is 4.48. The van der Waals surface area contributed by atoms with Crippen molar-refractivity contribution in [1.29, 1.82) is 0 Å². The molecule has 4 aromatic rings.